The Morgan fingerprint density at radius 2 is 2.15 bits per heavy atom. The molecule has 0 atom stereocenters. The third kappa shape index (κ3) is 4.60. The molecule has 0 bridgehead atoms. The molecule has 0 heterocycles. The molecule has 0 aliphatic heterocycles. The summed E-state index contributed by atoms with van der Waals surface area (Å²) in [4.78, 5) is 2.50. The maximum atomic E-state index is 5.55. The van der Waals surface area contributed by atoms with Crippen LogP contribution in [0.1, 0.15) is 26.2 Å². The number of hydrogen-bond donors (Lipinski definition) is 1. The molecule has 78 valence electrons. The van der Waals surface area contributed by atoms with E-state index in [0.717, 1.165) is 45.3 Å². The fourth-order valence-electron chi connectivity index (χ4n) is 1.60. The van der Waals surface area contributed by atoms with Gasteiger partial charge in [-0.1, -0.05) is 0 Å². The first-order chi connectivity index (χ1) is 6.38. The van der Waals surface area contributed by atoms with Crippen molar-refractivity contribution in [2.24, 2.45) is 5.73 Å². The zero-order valence-corrected chi connectivity index (χ0v) is 8.67. The van der Waals surface area contributed by atoms with E-state index in [0.29, 0.717) is 0 Å². The number of nitrogens with zero attached hydrogens (tertiary/aromatic N) is 1. The van der Waals surface area contributed by atoms with Gasteiger partial charge in [0.2, 0.25) is 0 Å². The molecule has 0 aromatic rings. The first kappa shape index (κ1) is 11.0. The van der Waals surface area contributed by atoms with Crippen LogP contribution in [0.5, 0.6) is 0 Å². The van der Waals surface area contributed by atoms with Crippen molar-refractivity contribution in [2.75, 3.05) is 32.8 Å². The van der Waals surface area contributed by atoms with Gasteiger partial charge in [-0.15, -0.1) is 0 Å². The van der Waals surface area contributed by atoms with Crippen LogP contribution in [0.2, 0.25) is 0 Å². The molecule has 1 aliphatic rings. The molecule has 13 heavy (non-hydrogen) atoms. The van der Waals surface area contributed by atoms with Gasteiger partial charge in [-0.05, 0) is 26.2 Å². The van der Waals surface area contributed by atoms with E-state index in [1.807, 2.05) is 6.92 Å². The van der Waals surface area contributed by atoms with Crippen molar-refractivity contribution in [3.63, 3.8) is 0 Å². The van der Waals surface area contributed by atoms with E-state index in [1.54, 1.807) is 0 Å². The van der Waals surface area contributed by atoms with E-state index in [4.69, 9.17) is 10.5 Å². The van der Waals surface area contributed by atoms with Crippen LogP contribution in [-0.2, 0) is 4.74 Å². The van der Waals surface area contributed by atoms with Crippen LogP contribution in [0.4, 0.5) is 0 Å². The molecule has 3 heteroatoms. The quantitative estimate of drug-likeness (QED) is 0.571. The van der Waals surface area contributed by atoms with Gasteiger partial charge in [0.25, 0.3) is 0 Å². The van der Waals surface area contributed by atoms with Crippen molar-refractivity contribution in [1.29, 1.82) is 0 Å². The van der Waals surface area contributed by atoms with Gasteiger partial charge in [-0.25, -0.2) is 0 Å². The minimum atomic E-state index is 0.783. The molecule has 0 aromatic heterocycles. The van der Waals surface area contributed by atoms with Crippen LogP contribution >= 0.6 is 0 Å². The van der Waals surface area contributed by atoms with Gasteiger partial charge in [-0.3, -0.25) is 4.90 Å². The fourth-order valence-corrected chi connectivity index (χ4v) is 1.60. The summed E-state index contributed by atoms with van der Waals surface area (Å²) in [5.41, 5.74) is 5.55. The summed E-state index contributed by atoms with van der Waals surface area (Å²) in [6.07, 6.45) is 3.88. The summed E-state index contributed by atoms with van der Waals surface area (Å²) in [6.45, 7) is 6.76. The van der Waals surface area contributed by atoms with E-state index in [2.05, 4.69) is 4.90 Å². The minimum Gasteiger partial charge on any atom is -0.382 e. The largest absolute Gasteiger partial charge is 0.382 e. The van der Waals surface area contributed by atoms with Gasteiger partial charge in [-0.2, -0.15) is 0 Å². The summed E-state index contributed by atoms with van der Waals surface area (Å²) in [6, 6.07) is 0.838. The third-order valence-electron chi connectivity index (χ3n) is 2.42. The highest BCUT2D eigenvalue weighted by molar-refractivity contribution is 4.84. The minimum absolute atomic E-state index is 0.783. The second-order valence-electron chi connectivity index (χ2n) is 3.61. The van der Waals surface area contributed by atoms with Gasteiger partial charge < -0.3 is 10.5 Å². The monoisotopic (exact) mass is 186 g/mol. The van der Waals surface area contributed by atoms with Gasteiger partial charge in [0, 0.05) is 38.9 Å². The Labute approximate surface area is 81.2 Å². The van der Waals surface area contributed by atoms with Crippen LogP contribution in [0.25, 0.3) is 0 Å². The van der Waals surface area contributed by atoms with Crippen LogP contribution < -0.4 is 5.73 Å². The van der Waals surface area contributed by atoms with Crippen LogP contribution in [-0.4, -0.2) is 43.8 Å². The van der Waals surface area contributed by atoms with Crippen LogP contribution in [0.3, 0.4) is 0 Å². The Kier molecular flexibility index (Phi) is 5.35. The van der Waals surface area contributed by atoms with Gasteiger partial charge in [0.05, 0.1) is 0 Å². The molecule has 1 aliphatic carbocycles. The highest BCUT2D eigenvalue weighted by Gasteiger charge is 2.27. The second-order valence-corrected chi connectivity index (χ2v) is 3.61. The number of nitrogens with two attached hydrogens (primary N) is 1. The second kappa shape index (κ2) is 6.35. The Morgan fingerprint density at radius 1 is 1.38 bits per heavy atom. The topological polar surface area (TPSA) is 38.5 Å². The van der Waals surface area contributed by atoms with E-state index < -0.39 is 0 Å². The molecular weight excluding hydrogens is 164 g/mol. The smallest absolute Gasteiger partial charge is 0.0478 e. The maximum absolute atomic E-state index is 5.55. The predicted molar refractivity (Wildman–Crippen MR) is 54.8 cm³/mol. The lowest BCUT2D eigenvalue weighted by atomic mass is 10.3. The zero-order valence-electron chi connectivity index (χ0n) is 8.67. The highest BCUT2D eigenvalue weighted by atomic mass is 16.5. The third-order valence-corrected chi connectivity index (χ3v) is 2.42. The summed E-state index contributed by atoms with van der Waals surface area (Å²) in [7, 11) is 0. The standard InChI is InChI=1S/C10H22N2O/c1-2-13-9-3-7-12(8-6-11)10-4-5-10/h10H,2-9,11H2,1H3. The summed E-state index contributed by atoms with van der Waals surface area (Å²) in [5.74, 6) is 0. The summed E-state index contributed by atoms with van der Waals surface area (Å²) >= 11 is 0. The van der Waals surface area contributed by atoms with E-state index >= 15 is 0 Å². The van der Waals surface area contributed by atoms with Gasteiger partial charge in [0.1, 0.15) is 0 Å². The van der Waals surface area contributed by atoms with Crippen molar-refractivity contribution in [3.05, 3.63) is 0 Å². The molecule has 3 nitrogen and oxygen atoms in total. The van der Waals surface area contributed by atoms with Crippen molar-refractivity contribution in [2.45, 2.75) is 32.2 Å². The Hall–Kier alpha value is -0.120. The average Bonchev–Trinajstić information content (AvgIpc) is 2.93. The molecule has 0 unspecified atom stereocenters. The number of hydrogen-bond acceptors (Lipinski definition) is 3. The molecule has 1 saturated carbocycles. The molecule has 0 radical (unpaired) electrons. The fraction of sp³-hybridized carbons (Fsp3) is 1.00. The SMILES string of the molecule is CCOCCCN(CCN)C1CC1. The Balaban J connectivity index is 2.00. The molecule has 0 amide bonds. The first-order valence-electron chi connectivity index (χ1n) is 5.40. The first-order valence-corrected chi connectivity index (χ1v) is 5.40. The average molecular weight is 186 g/mol. The van der Waals surface area contributed by atoms with E-state index in [9.17, 15) is 0 Å². The van der Waals surface area contributed by atoms with E-state index in [1.165, 1.54) is 12.8 Å². The van der Waals surface area contributed by atoms with Crippen molar-refractivity contribution in [1.82, 2.24) is 4.90 Å². The Bertz CT molecular complexity index is 126. The van der Waals surface area contributed by atoms with Crippen molar-refractivity contribution >= 4 is 0 Å². The van der Waals surface area contributed by atoms with Gasteiger partial charge in [0.15, 0.2) is 0 Å². The van der Waals surface area contributed by atoms with Crippen molar-refractivity contribution in [3.8, 4) is 0 Å². The molecular formula is C10H22N2O. The molecule has 0 saturated heterocycles. The molecule has 1 fully saturated rings. The number of rotatable bonds is 8. The predicted octanol–water partition coefficient (Wildman–Crippen LogP) is 0.836. The zero-order chi connectivity index (χ0) is 9.52. The maximum Gasteiger partial charge on any atom is 0.0478 e. The lowest BCUT2D eigenvalue weighted by Crippen LogP contribution is -2.32. The summed E-state index contributed by atoms with van der Waals surface area (Å²) in [5, 5.41) is 0. The molecule has 2 N–H and O–H groups in total. The summed E-state index contributed by atoms with van der Waals surface area (Å²) < 4.78 is 5.30. The normalized spacial score (nSPS) is 16.8. The highest BCUT2D eigenvalue weighted by Crippen LogP contribution is 2.26. The van der Waals surface area contributed by atoms with Crippen molar-refractivity contribution < 1.29 is 4.74 Å². The van der Waals surface area contributed by atoms with Crippen LogP contribution in [0.15, 0.2) is 0 Å². The van der Waals surface area contributed by atoms with Gasteiger partial charge >= 0.3 is 0 Å². The molecule has 0 aromatic carbocycles. The van der Waals surface area contributed by atoms with E-state index in [-0.39, 0.29) is 0 Å². The lowest BCUT2D eigenvalue weighted by molar-refractivity contribution is 0.131. The molecule has 1 rings (SSSR count). The number of ether oxygens (including phenoxy) is 1. The Morgan fingerprint density at radius 3 is 2.69 bits per heavy atom. The molecule has 0 spiro atoms. The lowest BCUT2D eigenvalue weighted by Gasteiger charge is -2.20. The van der Waals surface area contributed by atoms with Crippen LogP contribution in [0, 0.1) is 0 Å².